The lowest BCUT2D eigenvalue weighted by atomic mass is 9.98. The van der Waals surface area contributed by atoms with Gasteiger partial charge in [0.1, 0.15) is 12.1 Å². The van der Waals surface area contributed by atoms with Crippen LogP contribution in [0.15, 0.2) is 12.4 Å². The summed E-state index contributed by atoms with van der Waals surface area (Å²) in [6, 6.07) is 2.56. The first-order valence-electron chi connectivity index (χ1n) is 10.1. The molecule has 26 heavy (non-hydrogen) atoms. The third kappa shape index (κ3) is 4.18. The zero-order chi connectivity index (χ0) is 18.1. The molecule has 0 bridgehead atoms. The minimum Gasteiger partial charge on any atom is -0.379 e. The Morgan fingerprint density at radius 2 is 1.96 bits per heavy atom. The van der Waals surface area contributed by atoms with Gasteiger partial charge in [-0.1, -0.05) is 0 Å². The van der Waals surface area contributed by atoms with Gasteiger partial charge in [0.25, 0.3) is 0 Å². The molecule has 0 amide bonds. The lowest BCUT2D eigenvalue weighted by Crippen LogP contribution is -2.55. The highest BCUT2D eigenvalue weighted by Crippen LogP contribution is 2.42. The highest BCUT2D eigenvalue weighted by atomic mass is 16.5. The van der Waals surface area contributed by atoms with E-state index in [1.165, 1.54) is 19.4 Å². The Bertz CT molecular complexity index is 612. The van der Waals surface area contributed by atoms with Gasteiger partial charge < -0.3 is 10.1 Å². The SMILES string of the molecule is Cc1cc(N[C@@H]2CN(CC(C)(C)N3CCOCC3)C[C@H]2C2CC2)ncn1. The average molecular weight is 360 g/mol. The summed E-state index contributed by atoms with van der Waals surface area (Å²) >= 11 is 0. The first-order valence-corrected chi connectivity index (χ1v) is 10.1. The third-order valence-electron chi connectivity index (χ3n) is 6.28. The fourth-order valence-corrected chi connectivity index (χ4v) is 4.74. The molecule has 2 atom stereocenters. The predicted molar refractivity (Wildman–Crippen MR) is 103 cm³/mol. The number of likely N-dealkylation sites (tertiary alicyclic amines) is 1. The first-order chi connectivity index (χ1) is 12.5. The molecule has 0 spiro atoms. The van der Waals surface area contributed by atoms with Crippen molar-refractivity contribution in [1.29, 1.82) is 0 Å². The summed E-state index contributed by atoms with van der Waals surface area (Å²) in [6.45, 7) is 14.1. The first kappa shape index (κ1) is 18.1. The molecule has 1 saturated carbocycles. The summed E-state index contributed by atoms with van der Waals surface area (Å²) in [5.41, 5.74) is 1.21. The van der Waals surface area contributed by atoms with Gasteiger partial charge in [-0.3, -0.25) is 9.80 Å². The minimum absolute atomic E-state index is 0.193. The zero-order valence-electron chi connectivity index (χ0n) is 16.4. The standard InChI is InChI=1S/C20H33N5O/c1-15-10-19(22-14-21-15)23-18-12-24(11-17(18)16-4-5-16)13-20(2,3)25-6-8-26-9-7-25/h10,14,16-18H,4-9,11-13H2,1-3H3,(H,21,22,23)/t17-,18+/m0/s1. The van der Waals surface area contributed by atoms with E-state index >= 15 is 0 Å². The quantitative estimate of drug-likeness (QED) is 0.839. The third-order valence-corrected chi connectivity index (χ3v) is 6.28. The molecule has 3 heterocycles. The lowest BCUT2D eigenvalue weighted by Gasteiger charge is -2.43. The zero-order valence-corrected chi connectivity index (χ0v) is 16.4. The van der Waals surface area contributed by atoms with Crippen molar-refractivity contribution in [1.82, 2.24) is 19.8 Å². The highest BCUT2D eigenvalue weighted by molar-refractivity contribution is 5.36. The van der Waals surface area contributed by atoms with Gasteiger partial charge in [0.05, 0.1) is 13.2 Å². The smallest absolute Gasteiger partial charge is 0.129 e. The Balaban J connectivity index is 1.40. The molecule has 2 saturated heterocycles. The largest absolute Gasteiger partial charge is 0.379 e. The lowest BCUT2D eigenvalue weighted by molar-refractivity contribution is -0.0199. The van der Waals surface area contributed by atoms with Crippen LogP contribution in [0.3, 0.4) is 0 Å². The summed E-state index contributed by atoms with van der Waals surface area (Å²) in [7, 11) is 0. The van der Waals surface area contributed by atoms with Crippen LogP contribution in [0.25, 0.3) is 0 Å². The van der Waals surface area contributed by atoms with Crippen LogP contribution in [0.4, 0.5) is 5.82 Å². The van der Waals surface area contributed by atoms with E-state index in [4.69, 9.17) is 4.74 Å². The molecule has 1 aliphatic carbocycles. The van der Waals surface area contributed by atoms with Crippen molar-refractivity contribution in [2.24, 2.45) is 11.8 Å². The summed E-state index contributed by atoms with van der Waals surface area (Å²) in [5.74, 6) is 2.61. The molecule has 1 aromatic rings. The fraction of sp³-hybridized carbons (Fsp3) is 0.800. The number of aryl methyl sites for hydroxylation is 1. The van der Waals surface area contributed by atoms with Crippen LogP contribution in [-0.4, -0.2) is 77.3 Å². The number of nitrogens with one attached hydrogen (secondary N) is 1. The fourth-order valence-electron chi connectivity index (χ4n) is 4.74. The predicted octanol–water partition coefficient (Wildman–Crippen LogP) is 2.02. The summed E-state index contributed by atoms with van der Waals surface area (Å²) in [4.78, 5) is 13.9. The van der Waals surface area contributed by atoms with Crippen LogP contribution in [-0.2, 0) is 4.74 Å². The van der Waals surface area contributed by atoms with E-state index in [1.54, 1.807) is 6.33 Å². The van der Waals surface area contributed by atoms with Crippen LogP contribution < -0.4 is 5.32 Å². The van der Waals surface area contributed by atoms with E-state index in [1.807, 2.05) is 6.92 Å². The molecule has 0 aromatic carbocycles. The number of anilines is 1. The van der Waals surface area contributed by atoms with E-state index in [2.05, 4.69) is 45.0 Å². The maximum Gasteiger partial charge on any atom is 0.129 e. The van der Waals surface area contributed by atoms with Gasteiger partial charge in [0, 0.05) is 56.1 Å². The Morgan fingerprint density at radius 3 is 2.65 bits per heavy atom. The van der Waals surface area contributed by atoms with Gasteiger partial charge in [-0.25, -0.2) is 9.97 Å². The minimum atomic E-state index is 0.193. The summed E-state index contributed by atoms with van der Waals surface area (Å²) in [5, 5.41) is 3.72. The Labute approximate surface area is 157 Å². The maximum atomic E-state index is 5.54. The van der Waals surface area contributed by atoms with Gasteiger partial charge in [-0.15, -0.1) is 0 Å². The van der Waals surface area contributed by atoms with E-state index in [0.29, 0.717) is 6.04 Å². The number of hydrogen-bond donors (Lipinski definition) is 1. The van der Waals surface area contributed by atoms with Gasteiger partial charge in [-0.05, 0) is 45.4 Å². The Morgan fingerprint density at radius 1 is 1.19 bits per heavy atom. The molecular weight excluding hydrogens is 326 g/mol. The van der Waals surface area contributed by atoms with Gasteiger partial charge >= 0.3 is 0 Å². The van der Waals surface area contributed by atoms with Crippen LogP contribution in [0, 0.1) is 18.8 Å². The van der Waals surface area contributed by atoms with Gasteiger partial charge in [-0.2, -0.15) is 0 Å². The Kier molecular flexibility index (Phi) is 5.17. The van der Waals surface area contributed by atoms with Crippen molar-refractivity contribution in [2.75, 3.05) is 51.3 Å². The normalized spacial score (nSPS) is 28.4. The van der Waals surface area contributed by atoms with Crippen molar-refractivity contribution in [2.45, 2.75) is 45.2 Å². The van der Waals surface area contributed by atoms with Crippen LogP contribution in [0.2, 0.25) is 0 Å². The number of ether oxygens (including phenoxy) is 1. The van der Waals surface area contributed by atoms with Crippen molar-refractivity contribution in [3.05, 3.63) is 18.1 Å². The van der Waals surface area contributed by atoms with Crippen molar-refractivity contribution < 1.29 is 4.74 Å². The highest BCUT2D eigenvalue weighted by Gasteiger charge is 2.44. The van der Waals surface area contributed by atoms with Crippen LogP contribution in [0.1, 0.15) is 32.4 Å². The molecule has 0 unspecified atom stereocenters. The van der Waals surface area contributed by atoms with E-state index < -0.39 is 0 Å². The molecule has 1 N–H and O–H groups in total. The van der Waals surface area contributed by atoms with Crippen LogP contribution in [0.5, 0.6) is 0 Å². The van der Waals surface area contributed by atoms with E-state index in [-0.39, 0.29) is 5.54 Å². The van der Waals surface area contributed by atoms with Crippen molar-refractivity contribution in [3.63, 3.8) is 0 Å². The molecule has 2 aliphatic heterocycles. The van der Waals surface area contributed by atoms with Gasteiger partial charge in [0.15, 0.2) is 0 Å². The van der Waals surface area contributed by atoms with Crippen LogP contribution >= 0.6 is 0 Å². The van der Waals surface area contributed by atoms with Crippen molar-refractivity contribution in [3.8, 4) is 0 Å². The second kappa shape index (κ2) is 7.41. The molecule has 3 aliphatic rings. The summed E-state index contributed by atoms with van der Waals surface area (Å²) in [6.07, 6.45) is 4.46. The second-order valence-corrected chi connectivity index (χ2v) is 8.90. The average Bonchev–Trinajstić information content (AvgIpc) is 3.38. The molecule has 6 nitrogen and oxygen atoms in total. The van der Waals surface area contributed by atoms with E-state index in [0.717, 1.165) is 62.7 Å². The molecule has 3 fully saturated rings. The number of aromatic nitrogens is 2. The number of nitrogens with zero attached hydrogens (tertiary/aromatic N) is 4. The molecule has 1 aromatic heterocycles. The molecular formula is C20H33N5O. The second-order valence-electron chi connectivity index (χ2n) is 8.90. The molecule has 4 rings (SSSR count). The molecule has 0 radical (unpaired) electrons. The van der Waals surface area contributed by atoms with Gasteiger partial charge in [0.2, 0.25) is 0 Å². The number of rotatable bonds is 6. The number of morpholine rings is 1. The monoisotopic (exact) mass is 359 g/mol. The summed E-state index contributed by atoms with van der Waals surface area (Å²) < 4.78 is 5.54. The topological polar surface area (TPSA) is 53.5 Å². The maximum absolute atomic E-state index is 5.54. The van der Waals surface area contributed by atoms with E-state index in [9.17, 15) is 0 Å². The number of hydrogen-bond acceptors (Lipinski definition) is 6. The molecule has 144 valence electrons. The molecule has 6 heteroatoms. The Hall–Kier alpha value is -1.24. The van der Waals surface area contributed by atoms with Crippen molar-refractivity contribution >= 4 is 5.82 Å².